The van der Waals surface area contributed by atoms with Crippen molar-refractivity contribution in [3.8, 4) is 0 Å². The van der Waals surface area contributed by atoms with Gasteiger partial charge in [0.2, 0.25) is 0 Å². The van der Waals surface area contributed by atoms with Gasteiger partial charge in [0.25, 0.3) is 5.91 Å². The van der Waals surface area contributed by atoms with Gasteiger partial charge in [-0.1, -0.05) is 13.0 Å². The van der Waals surface area contributed by atoms with Gasteiger partial charge in [0.1, 0.15) is 5.69 Å². The largest absolute Gasteiger partial charge is 0.347 e. The maximum atomic E-state index is 13.2. The maximum Gasteiger partial charge on any atom is 0.270 e. The molecule has 0 spiro atoms. The van der Waals surface area contributed by atoms with Gasteiger partial charge < -0.3 is 5.32 Å². The summed E-state index contributed by atoms with van der Waals surface area (Å²) in [5.41, 5.74) is 2.18. The first-order chi connectivity index (χ1) is 11.1. The van der Waals surface area contributed by atoms with E-state index in [1.54, 1.807) is 22.8 Å². The van der Waals surface area contributed by atoms with E-state index < -0.39 is 11.6 Å². The van der Waals surface area contributed by atoms with Crippen LogP contribution in [0.5, 0.6) is 0 Å². The van der Waals surface area contributed by atoms with E-state index in [4.69, 9.17) is 0 Å². The predicted molar refractivity (Wildman–Crippen MR) is 79.9 cm³/mol. The monoisotopic (exact) mass is 316 g/mol. The number of rotatable bonds is 4. The molecule has 118 valence electrons. The van der Waals surface area contributed by atoms with Gasteiger partial charge >= 0.3 is 0 Å². The molecule has 0 saturated carbocycles. The van der Waals surface area contributed by atoms with E-state index in [0.717, 1.165) is 17.8 Å². The molecule has 1 aromatic carbocycles. The molecular weight excluding hydrogens is 302 g/mol. The maximum absolute atomic E-state index is 13.2. The molecule has 0 aliphatic rings. The zero-order valence-electron chi connectivity index (χ0n) is 12.4. The van der Waals surface area contributed by atoms with Crippen molar-refractivity contribution >= 4 is 11.6 Å². The smallest absolute Gasteiger partial charge is 0.270 e. The van der Waals surface area contributed by atoms with Crippen molar-refractivity contribution in [2.75, 3.05) is 0 Å². The van der Waals surface area contributed by atoms with Gasteiger partial charge in [-0.05, 0) is 30.2 Å². The van der Waals surface area contributed by atoms with E-state index in [0.29, 0.717) is 17.6 Å². The summed E-state index contributed by atoms with van der Waals surface area (Å²) in [4.78, 5) is 16.5. The standard InChI is InChI=1S/C16H14F2N4O/c1-2-11-8-14(21-15-5-6-20-22(11)15)16(23)19-9-10-3-4-12(17)13(18)7-10/h3-8H,2,9H2,1H3,(H,19,23). The van der Waals surface area contributed by atoms with Crippen molar-refractivity contribution in [1.29, 1.82) is 0 Å². The minimum absolute atomic E-state index is 0.0869. The lowest BCUT2D eigenvalue weighted by atomic mass is 10.2. The lowest BCUT2D eigenvalue weighted by Crippen LogP contribution is -2.24. The fourth-order valence-corrected chi connectivity index (χ4v) is 2.27. The molecule has 1 amide bonds. The molecule has 3 aromatic rings. The second-order valence-electron chi connectivity index (χ2n) is 5.02. The summed E-state index contributed by atoms with van der Waals surface area (Å²) < 4.78 is 27.7. The minimum Gasteiger partial charge on any atom is -0.347 e. The van der Waals surface area contributed by atoms with Gasteiger partial charge in [0, 0.05) is 18.3 Å². The first-order valence-electron chi connectivity index (χ1n) is 7.14. The molecule has 0 aliphatic carbocycles. The van der Waals surface area contributed by atoms with Crippen molar-refractivity contribution in [1.82, 2.24) is 19.9 Å². The van der Waals surface area contributed by atoms with Crippen LogP contribution in [0.3, 0.4) is 0 Å². The number of aryl methyl sites for hydroxylation is 1. The molecule has 5 nitrogen and oxygen atoms in total. The number of benzene rings is 1. The molecule has 0 atom stereocenters. The Kier molecular flexibility index (Phi) is 4.01. The van der Waals surface area contributed by atoms with Crippen molar-refractivity contribution in [3.63, 3.8) is 0 Å². The van der Waals surface area contributed by atoms with Crippen LogP contribution in [0.1, 0.15) is 28.7 Å². The lowest BCUT2D eigenvalue weighted by Gasteiger charge is -2.08. The highest BCUT2D eigenvalue weighted by Crippen LogP contribution is 2.10. The fraction of sp³-hybridized carbons (Fsp3) is 0.188. The summed E-state index contributed by atoms with van der Waals surface area (Å²) >= 11 is 0. The van der Waals surface area contributed by atoms with Gasteiger partial charge in [-0.15, -0.1) is 0 Å². The average Bonchev–Trinajstić information content (AvgIpc) is 3.03. The molecule has 0 radical (unpaired) electrons. The van der Waals surface area contributed by atoms with Gasteiger partial charge in [-0.2, -0.15) is 5.10 Å². The van der Waals surface area contributed by atoms with Crippen LogP contribution in [-0.2, 0) is 13.0 Å². The Morgan fingerprint density at radius 2 is 2.04 bits per heavy atom. The van der Waals surface area contributed by atoms with Crippen LogP contribution in [0.2, 0.25) is 0 Å². The molecular formula is C16H14F2N4O. The molecule has 23 heavy (non-hydrogen) atoms. The molecule has 1 N–H and O–H groups in total. The number of carbonyl (C=O) groups is 1. The topological polar surface area (TPSA) is 59.3 Å². The van der Waals surface area contributed by atoms with Crippen molar-refractivity contribution in [3.05, 3.63) is 65.1 Å². The first kappa shape index (κ1) is 15.1. The highest BCUT2D eigenvalue weighted by Gasteiger charge is 2.12. The third-order valence-electron chi connectivity index (χ3n) is 3.47. The van der Waals surface area contributed by atoms with Crippen molar-refractivity contribution in [2.24, 2.45) is 0 Å². The second kappa shape index (κ2) is 6.12. The first-order valence-corrected chi connectivity index (χ1v) is 7.14. The molecule has 0 aliphatic heterocycles. The number of amides is 1. The third-order valence-corrected chi connectivity index (χ3v) is 3.47. The Hall–Kier alpha value is -2.83. The number of carbonyl (C=O) groups excluding carboxylic acids is 1. The van der Waals surface area contributed by atoms with E-state index in [1.165, 1.54) is 6.07 Å². The Labute approximate surface area is 131 Å². The fourth-order valence-electron chi connectivity index (χ4n) is 2.27. The zero-order valence-corrected chi connectivity index (χ0v) is 12.4. The van der Waals surface area contributed by atoms with E-state index >= 15 is 0 Å². The van der Waals surface area contributed by atoms with Crippen LogP contribution in [0.4, 0.5) is 8.78 Å². The number of aromatic nitrogens is 3. The number of hydrogen-bond donors (Lipinski definition) is 1. The normalized spacial score (nSPS) is 10.9. The molecule has 3 rings (SSSR count). The Bertz CT molecular complexity index is 876. The van der Waals surface area contributed by atoms with E-state index in [1.807, 2.05) is 6.92 Å². The Balaban J connectivity index is 1.79. The molecule has 0 saturated heterocycles. The van der Waals surface area contributed by atoms with Crippen LogP contribution in [-0.4, -0.2) is 20.5 Å². The molecule has 2 aromatic heterocycles. The minimum atomic E-state index is -0.941. The van der Waals surface area contributed by atoms with Crippen LogP contribution < -0.4 is 5.32 Å². The number of halogens is 2. The summed E-state index contributed by atoms with van der Waals surface area (Å²) in [7, 11) is 0. The van der Waals surface area contributed by atoms with E-state index in [2.05, 4.69) is 15.4 Å². The average molecular weight is 316 g/mol. The van der Waals surface area contributed by atoms with Gasteiger partial charge in [-0.25, -0.2) is 18.3 Å². The van der Waals surface area contributed by atoms with E-state index in [9.17, 15) is 13.6 Å². The quantitative estimate of drug-likeness (QED) is 0.804. The summed E-state index contributed by atoms with van der Waals surface area (Å²) in [6, 6.07) is 6.89. The van der Waals surface area contributed by atoms with Crippen molar-refractivity contribution < 1.29 is 13.6 Å². The predicted octanol–water partition coefficient (Wildman–Crippen LogP) is 2.50. The number of hydrogen-bond acceptors (Lipinski definition) is 3. The zero-order chi connectivity index (χ0) is 16.4. The molecule has 0 unspecified atom stereocenters. The molecule has 0 bridgehead atoms. The highest BCUT2D eigenvalue weighted by molar-refractivity contribution is 5.92. The Morgan fingerprint density at radius 3 is 2.78 bits per heavy atom. The van der Waals surface area contributed by atoms with E-state index in [-0.39, 0.29) is 18.1 Å². The molecule has 7 heteroatoms. The lowest BCUT2D eigenvalue weighted by molar-refractivity contribution is 0.0946. The summed E-state index contributed by atoms with van der Waals surface area (Å²) in [6.45, 7) is 2.04. The number of nitrogens with one attached hydrogen (secondary N) is 1. The number of fused-ring (bicyclic) bond motifs is 1. The van der Waals surface area contributed by atoms with Gasteiger partial charge in [0.15, 0.2) is 17.3 Å². The van der Waals surface area contributed by atoms with Crippen LogP contribution in [0.15, 0.2) is 36.5 Å². The summed E-state index contributed by atoms with van der Waals surface area (Å²) in [6.07, 6.45) is 2.31. The van der Waals surface area contributed by atoms with Gasteiger partial charge in [-0.3, -0.25) is 4.79 Å². The highest BCUT2D eigenvalue weighted by atomic mass is 19.2. The number of nitrogens with zero attached hydrogens (tertiary/aromatic N) is 3. The summed E-state index contributed by atoms with van der Waals surface area (Å²) in [5, 5.41) is 6.80. The third kappa shape index (κ3) is 3.03. The SMILES string of the molecule is CCc1cc(C(=O)NCc2ccc(F)c(F)c2)nc2ccnn12. The Morgan fingerprint density at radius 1 is 1.22 bits per heavy atom. The summed E-state index contributed by atoms with van der Waals surface area (Å²) in [5.74, 6) is -2.24. The van der Waals surface area contributed by atoms with Gasteiger partial charge in [0.05, 0.1) is 6.20 Å². The van der Waals surface area contributed by atoms with Crippen LogP contribution in [0, 0.1) is 11.6 Å². The molecule has 0 fully saturated rings. The van der Waals surface area contributed by atoms with Crippen LogP contribution in [0.25, 0.3) is 5.65 Å². The van der Waals surface area contributed by atoms with Crippen LogP contribution >= 0.6 is 0 Å². The molecule has 2 heterocycles. The van der Waals surface area contributed by atoms with Crippen molar-refractivity contribution in [2.45, 2.75) is 19.9 Å². The second-order valence-corrected chi connectivity index (χ2v) is 5.02.